The Hall–Kier alpha value is -1.93. The van der Waals surface area contributed by atoms with Crippen LogP contribution in [0, 0.1) is 5.92 Å². The molecule has 0 heterocycles. The van der Waals surface area contributed by atoms with E-state index in [1.54, 1.807) is 0 Å². The van der Waals surface area contributed by atoms with Gasteiger partial charge in [0.05, 0.1) is 6.10 Å². The fraction of sp³-hybridized carbons (Fsp3) is 0.316. The van der Waals surface area contributed by atoms with Gasteiger partial charge in [0.25, 0.3) is 0 Å². The highest BCUT2D eigenvalue weighted by atomic mass is 16.3. The lowest BCUT2D eigenvalue weighted by atomic mass is 9.81. The van der Waals surface area contributed by atoms with E-state index in [1.165, 1.54) is 0 Å². The number of carbonyl (C=O) groups is 1. The second kappa shape index (κ2) is 6.23. The van der Waals surface area contributed by atoms with Crippen molar-refractivity contribution < 1.29 is 9.90 Å². The Kier molecular flexibility index (Phi) is 4.16. The molecule has 0 unspecified atom stereocenters. The lowest BCUT2D eigenvalue weighted by molar-refractivity contribution is -0.128. The largest absolute Gasteiger partial charge is 0.388 e. The third kappa shape index (κ3) is 3.06. The average molecular weight is 280 g/mol. The number of aliphatic hydroxyl groups is 1. The molecule has 1 fully saturated rings. The number of benzene rings is 2. The van der Waals surface area contributed by atoms with E-state index in [0.29, 0.717) is 6.42 Å². The van der Waals surface area contributed by atoms with Gasteiger partial charge in [0, 0.05) is 12.3 Å². The fourth-order valence-electron chi connectivity index (χ4n) is 3.08. The first kappa shape index (κ1) is 14.0. The summed E-state index contributed by atoms with van der Waals surface area (Å²) in [6, 6.07) is 18.1. The molecule has 21 heavy (non-hydrogen) atoms. The Morgan fingerprint density at radius 3 is 2.24 bits per heavy atom. The summed E-state index contributed by atoms with van der Waals surface area (Å²) in [5.41, 5.74) is 3.13. The summed E-state index contributed by atoms with van der Waals surface area (Å²) in [7, 11) is 0. The molecular weight excluding hydrogens is 260 g/mol. The fourth-order valence-corrected chi connectivity index (χ4v) is 3.08. The number of hydrogen-bond donors (Lipinski definition) is 1. The van der Waals surface area contributed by atoms with E-state index >= 15 is 0 Å². The molecule has 3 rings (SSSR count). The summed E-state index contributed by atoms with van der Waals surface area (Å²) in [6.45, 7) is 0. The first-order valence-corrected chi connectivity index (χ1v) is 7.62. The van der Waals surface area contributed by atoms with Crippen molar-refractivity contribution in [2.24, 2.45) is 5.92 Å². The van der Waals surface area contributed by atoms with Crippen LogP contribution in [0.3, 0.4) is 0 Å². The average Bonchev–Trinajstić information content (AvgIpc) is 2.56. The standard InChI is InChI=1S/C19H20O2/c20-18-9-5-4-8-17(18)19(21)16-12-10-15(11-13-16)14-6-2-1-3-7-14/h1-3,6-7,10-13,17,19,21H,4-5,8-9H2/t17-,19+/m1/s1. The first-order valence-electron chi connectivity index (χ1n) is 7.62. The van der Waals surface area contributed by atoms with E-state index < -0.39 is 6.10 Å². The topological polar surface area (TPSA) is 37.3 Å². The van der Waals surface area contributed by atoms with Crippen molar-refractivity contribution >= 4 is 5.78 Å². The van der Waals surface area contributed by atoms with Gasteiger partial charge in [-0.2, -0.15) is 0 Å². The van der Waals surface area contributed by atoms with Gasteiger partial charge in [-0.05, 0) is 29.5 Å². The summed E-state index contributed by atoms with van der Waals surface area (Å²) in [6.07, 6.45) is 2.76. The van der Waals surface area contributed by atoms with Gasteiger partial charge in [0.2, 0.25) is 0 Å². The Bertz CT molecular complexity index is 601. The van der Waals surface area contributed by atoms with Crippen molar-refractivity contribution in [2.75, 3.05) is 0 Å². The second-order valence-electron chi connectivity index (χ2n) is 5.75. The minimum atomic E-state index is -0.664. The van der Waals surface area contributed by atoms with Gasteiger partial charge in [0.15, 0.2) is 0 Å². The number of hydrogen-bond acceptors (Lipinski definition) is 2. The molecule has 0 radical (unpaired) electrons. The third-order valence-electron chi connectivity index (χ3n) is 4.34. The Morgan fingerprint density at radius 1 is 0.905 bits per heavy atom. The zero-order chi connectivity index (χ0) is 14.7. The molecule has 0 saturated heterocycles. The maximum absolute atomic E-state index is 11.9. The molecular formula is C19H20O2. The molecule has 2 aromatic rings. The van der Waals surface area contributed by atoms with Gasteiger partial charge in [-0.1, -0.05) is 61.0 Å². The predicted octanol–water partition coefficient (Wildman–Crippen LogP) is 4.15. The highest BCUT2D eigenvalue weighted by molar-refractivity contribution is 5.82. The Morgan fingerprint density at radius 2 is 1.57 bits per heavy atom. The number of carbonyl (C=O) groups excluding carboxylic acids is 1. The van der Waals surface area contributed by atoms with Crippen molar-refractivity contribution in [3.63, 3.8) is 0 Å². The maximum atomic E-state index is 11.9. The van der Waals surface area contributed by atoms with Gasteiger partial charge >= 0.3 is 0 Å². The van der Waals surface area contributed by atoms with E-state index in [-0.39, 0.29) is 11.7 Å². The molecule has 0 amide bonds. The van der Waals surface area contributed by atoms with Crippen LogP contribution in [0.25, 0.3) is 11.1 Å². The van der Waals surface area contributed by atoms with Gasteiger partial charge < -0.3 is 5.11 Å². The van der Waals surface area contributed by atoms with Gasteiger partial charge in [-0.15, -0.1) is 0 Å². The van der Waals surface area contributed by atoms with Crippen molar-refractivity contribution in [2.45, 2.75) is 31.8 Å². The summed E-state index contributed by atoms with van der Waals surface area (Å²) >= 11 is 0. The molecule has 2 nitrogen and oxygen atoms in total. The number of aliphatic hydroxyl groups excluding tert-OH is 1. The van der Waals surface area contributed by atoms with Crippen molar-refractivity contribution in [3.05, 3.63) is 60.2 Å². The molecule has 0 aromatic heterocycles. The highest BCUT2D eigenvalue weighted by Gasteiger charge is 2.29. The Balaban J connectivity index is 1.79. The molecule has 1 N–H and O–H groups in total. The zero-order valence-corrected chi connectivity index (χ0v) is 12.0. The number of ketones is 1. The van der Waals surface area contributed by atoms with Crippen LogP contribution in [0.5, 0.6) is 0 Å². The van der Waals surface area contributed by atoms with E-state index in [0.717, 1.165) is 36.0 Å². The van der Waals surface area contributed by atoms with Crippen molar-refractivity contribution in [1.29, 1.82) is 0 Å². The van der Waals surface area contributed by atoms with Crippen molar-refractivity contribution in [1.82, 2.24) is 0 Å². The lowest BCUT2D eigenvalue weighted by Gasteiger charge is -2.25. The third-order valence-corrected chi connectivity index (χ3v) is 4.34. The Labute approximate surface area is 125 Å². The smallest absolute Gasteiger partial charge is 0.138 e. The molecule has 0 bridgehead atoms. The molecule has 2 aromatic carbocycles. The molecule has 108 valence electrons. The van der Waals surface area contributed by atoms with E-state index in [9.17, 15) is 9.90 Å². The van der Waals surface area contributed by atoms with Crippen LogP contribution in [0.15, 0.2) is 54.6 Å². The monoisotopic (exact) mass is 280 g/mol. The van der Waals surface area contributed by atoms with Gasteiger partial charge in [0.1, 0.15) is 5.78 Å². The molecule has 1 aliphatic carbocycles. The molecule has 1 aliphatic rings. The molecule has 0 aliphatic heterocycles. The van der Waals surface area contributed by atoms with Crippen LogP contribution < -0.4 is 0 Å². The number of Topliss-reactive ketones (excluding diaryl/α,β-unsaturated/α-hetero) is 1. The molecule has 1 saturated carbocycles. The molecule has 2 heteroatoms. The summed E-state index contributed by atoms with van der Waals surface area (Å²) < 4.78 is 0. The predicted molar refractivity (Wildman–Crippen MR) is 83.8 cm³/mol. The summed E-state index contributed by atoms with van der Waals surface area (Å²) in [4.78, 5) is 11.9. The van der Waals surface area contributed by atoms with Gasteiger partial charge in [-0.25, -0.2) is 0 Å². The minimum Gasteiger partial charge on any atom is -0.388 e. The maximum Gasteiger partial charge on any atom is 0.138 e. The van der Waals surface area contributed by atoms with Crippen LogP contribution >= 0.6 is 0 Å². The first-order chi connectivity index (χ1) is 10.3. The summed E-state index contributed by atoms with van der Waals surface area (Å²) in [5.74, 6) is -0.0118. The number of rotatable bonds is 3. The second-order valence-corrected chi connectivity index (χ2v) is 5.75. The lowest BCUT2D eigenvalue weighted by Crippen LogP contribution is -2.25. The van der Waals surface area contributed by atoms with Crippen LogP contribution in [0.4, 0.5) is 0 Å². The SMILES string of the molecule is O=C1CCCC[C@H]1[C@@H](O)c1ccc(-c2ccccc2)cc1. The van der Waals surface area contributed by atoms with Crippen LogP contribution in [0.2, 0.25) is 0 Å². The quantitative estimate of drug-likeness (QED) is 0.917. The van der Waals surface area contributed by atoms with E-state index in [1.807, 2.05) is 42.5 Å². The molecule has 2 atom stereocenters. The minimum absolute atomic E-state index is 0.209. The zero-order valence-electron chi connectivity index (χ0n) is 12.0. The highest BCUT2D eigenvalue weighted by Crippen LogP contribution is 2.33. The summed E-state index contributed by atoms with van der Waals surface area (Å²) in [5, 5.41) is 10.5. The van der Waals surface area contributed by atoms with Crippen molar-refractivity contribution in [3.8, 4) is 11.1 Å². The van der Waals surface area contributed by atoms with Crippen LogP contribution in [0.1, 0.15) is 37.4 Å². The van der Waals surface area contributed by atoms with Crippen LogP contribution in [-0.4, -0.2) is 10.9 Å². The van der Waals surface area contributed by atoms with Crippen LogP contribution in [-0.2, 0) is 4.79 Å². The molecule has 0 spiro atoms. The normalized spacial score (nSPS) is 20.2. The van der Waals surface area contributed by atoms with E-state index in [4.69, 9.17) is 0 Å². The van der Waals surface area contributed by atoms with E-state index in [2.05, 4.69) is 12.1 Å². The van der Waals surface area contributed by atoms with Gasteiger partial charge in [-0.3, -0.25) is 4.79 Å².